The fraction of sp³-hybridized carbons (Fsp3) is 0.222. The van der Waals surface area contributed by atoms with E-state index >= 15 is 0 Å². The van der Waals surface area contributed by atoms with Crippen LogP contribution in [0.25, 0.3) is 10.8 Å². The molecule has 2 heterocycles. The SMILES string of the molecule is COc1cccc(CN(Cc2ccccc2F)C(=O)[C@H](C)N2CCc3ccccc3[C@@H]2c2cccc3ccccc23)n1. The van der Waals surface area contributed by atoms with Crippen molar-refractivity contribution in [3.05, 3.63) is 143 Å². The largest absolute Gasteiger partial charge is 0.481 e. The summed E-state index contributed by atoms with van der Waals surface area (Å²) in [6.07, 6.45) is 0.847. The Morgan fingerprint density at radius 1 is 0.905 bits per heavy atom. The van der Waals surface area contributed by atoms with E-state index in [1.165, 1.54) is 33.5 Å². The number of fused-ring (bicyclic) bond motifs is 2. The van der Waals surface area contributed by atoms with E-state index in [0.29, 0.717) is 17.1 Å². The standard InChI is InChI=1S/C36H34FN3O2/c1-25(36(41)39(23-28-13-5-8-19-33(28)37)24-29-15-10-20-34(38-29)42-2)40-22-21-27-12-4-7-17-31(27)35(40)32-18-9-14-26-11-3-6-16-30(26)32/h3-20,25,35H,21-24H2,1-2H3/t25-,35+/m0/s1. The lowest BCUT2D eigenvalue weighted by Gasteiger charge is -2.42. The lowest BCUT2D eigenvalue weighted by Crippen LogP contribution is -2.50. The summed E-state index contributed by atoms with van der Waals surface area (Å²) in [6.45, 7) is 3.07. The molecule has 5 nitrogen and oxygen atoms in total. The summed E-state index contributed by atoms with van der Waals surface area (Å²) in [5, 5.41) is 2.34. The zero-order valence-corrected chi connectivity index (χ0v) is 23.9. The Balaban J connectivity index is 1.39. The summed E-state index contributed by atoms with van der Waals surface area (Å²) < 4.78 is 20.2. The highest BCUT2D eigenvalue weighted by Crippen LogP contribution is 2.39. The van der Waals surface area contributed by atoms with Crippen LogP contribution < -0.4 is 4.74 Å². The summed E-state index contributed by atoms with van der Waals surface area (Å²) in [5.41, 5.74) is 4.84. The van der Waals surface area contributed by atoms with Crippen LogP contribution in [0.2, 0.25) is 0 Å². The summed E-state index contributed by atoms with van der Waals surface area (Å²) in [6, 6.07) is 34.9. The molecule has 0 unspecified atom stereocenters. The van der Waals surface area contributed by atoms with E-state index in [-0.39, 0.29) is 30.9 Å². The van der Waals surface area contributed by atoms with Gasteiger partial charge in [0, 0.05) is 24.7 Å². The highest BCUT2D eigenvalue weighted by atomic mass is 19.1. The Labute approximate surface area is 246 Å². The molecule has 2 atom stereocenters. The Bertz CT molecular complexity index is 1720. The molecule has 0 fully saturated rings. The first-order valence-electron chi connectivity index (χ1n) is 14.4. The summed E-state index contributed by atoms with van der Waals surface area (Å²) >= 11 is 0. The molecule has 1 amide bonds. The Hall–Kier alpha value is -4.55. The Kier molecular flexibility index (Phi) is 7.97. The first kappa shape index (κ1) is 27.6. The van der Waals surface area contributed by atoms with E-state index in [1.807, 2.05) is 19.1 Å². The fourth-order valence-electron chi connectivity index (χ4n) is 6.14. The van der Waals surface area contributed by atoms with Crippen LogP contribution in [-0.2, 0) is 24.3 Å². The molecular formula is C36H34FN3O2. The minimum atomic E-state index is -0.472. The number of hydrogen-bond acceptors (Lipinski definition) is 4. The molecule has 6 heteroatoms. The highest BCUT2D eigenvalue weighted by Gasteiger charge is 2.37. The van der Waals surface area contributed by atoms with Crippen molar-refractivity contribution in [3.8, 4) is 5.88 Å². The van der Waals surface area contributed by atoms with Crippen molar-refractivity contribution >= 4 is 16.7 Å². The van der Waals surface area contributed by atoms with Crippen molar-refractivity contribution < 1.29 is 13.9 Å². The number of rotatable bonds is 8. The van der Waals surface area contributed by atoms with Crippen LogP contribution in [0.1, 0.15) is 40.9 Å². The van der Waals surface area contributed by atoms with Crippen LogP contribution in [0.4, 0.5) is 4.39 Å². The zero-order chi connectivity index (χ0) is 29.1. The quantitative estimate of drug-likeness (QED) is 0.206. The third-order valence-corrected chi connectivity index (χ3v) is 8.27. The molecule has 5 aromatic rings. The van der Waals surface area contributed by atoms with Crippen LogP contribution in [0.3, 0.4) is 0 Å². The van der Waals surface area contributed by atoms with Crippen LogP contribution in [-0.4, -0.2) is 40.4 Å². The van der Waals surface area contributed by atoms with Gasteiger partial charge in [-0.1, -0.05) is 91.0 Å². The van der Waals surface area contributed by atoms with Gasteiger partial charge in [-0.05, 0) is 52.9 Å². The number of carbonyl (C=O) groups excluding carboxylic acids is 1. The first-order valence-corrected chi connectivity index (χ1v) is 14.4. The molecule has 0 spiro atoms. The monoisotopic (exact) mass is 559 g/mol. The van der Waals surface area contributed by atoms with E-state index < -0.39 is 6.04 Å². The molecular weight excluding hydrogens is 525 g/mol. The molecule has 0 aliphatic carbocycles. The maximum atomic E-state index is 14.8. The molecule has 0 radical (unpaired) electrons. The number of nitrogens with zero attached hydrogens (tertiary/aromatic N) is 3. The van der Waals surface area contributed by atoms with Gasteiger partial charge in [0.2, 0.25) is 11.8 Å². The second kappa shape index (κ2) is 12.1. The van der Waals surface area contributed by atoms with Gasteiger partial charge in [0.1, 0.15) is 5.82 Å². The van der Waals surface area contributed by atoms with Gasteiger partial charge >= 0.3 is 0 Å². The fourth-order valence-corrected chi connectivity index (χ4v) is 6.14. The Morgan fingerprint density at radius 3 is 2.48 bits per heavy atom. The predicted molar refractivity (Wildman–Crippen MR) is 164 cm³/mol. The van der Waals surface area contributed by atoms with Gasteiger partial charge in [0.15, 0.2) is 0 Å². The normalized spacial score (nSPS) is 15.6. The molecule has 1 aliphatic heterocycles. The third-order valence-electron chi connectivity index (χ3n) is 8.27. The minimum absolute atomic E-state index is 0.0764. The predicted octanol–water partition coefficient (Wildman–Crippen LogP) is 6.95. The van der Waals surface area contributed by atoms with Gasteiger partial charge in [0.05, 0.1) is 31.4 Å². The lowest BCUT2D eigenvalue weighted by molar-refractivity contribution is -0.138. The van der Waals surface area contributed by atoms with Gasteiger partial charge in [0.25, 0.3) is 0 Å². The van der Waals surface area contributed by atoms with Crippen LogP contribution in [0, 0.1) is 5.82 Å². The molecule has 0 N–H and O–H groups in total. The van der Waals surface area contributed by atoms with Crippen molar-refractivity contribution in [1.82, 2.24) is 14.8 Å². The second-order valence-corrected chi connectivity index (χ2v) is 10.8. The Morgan fingerprint density at radius 2 is 1.62 bits per heavy atom. The maximum Gasteiger partial charge on any atom is 0.240 e. The topological polar surface area (TPSA) is 45.7 Å². The number of methoxy groups -OCH3 is 1. The van der Waals surface area contributed by atoms with Gasteiger partial charge < -0.3 is 9.64 Å². The molecule has 1 aromatic heterocycles. The van der Waals surface area contributed by atoms with Crippen molar-refractivity contribution in [2.75, 3.05) is 13.7 Å². The molecule has 4 aromatic carbocycles. The number of benzene rings is 4. The molecule has 0 saturated heterocycles. The molecule has 212 valence electrons. The maximum absolute atomic E-state index is 14.8. The third kappa shape index (κ3) is 5.50. The van der Waals surface area contributed by atoms with E-state index in [0.717, 1.165) is 13.0 Å². The summed E-state index contributed by atoms with van der Waals surface area (Å²) in [7, 11) is 1.57. The number of carbonyl (C=O) groups is 1. The summed E-state index contributed by atoms with van der Waals surface area (Å²) in [5.74, 6) is 0.0667. The van der Waals surface area contributed by atoms with Crippen molar-refractivity contribution in [3.63, 3.8) is 0 Å². The number of amides is 1. The van der Waals surface area contributed by atoms with E-state index in [2.05, 4.69) is 76.6 Å². The van der Waals surface area contributed by atoms with Gasteiger partial charge in [-0.25, -0.2) is 9.37 Å². The zero-order valence-electron chi connectivity index (χ0n) is 23.9. The van der Waals surface area contributed by atoms with Crippen LogP contribution >= 0.6 is 0 Å². The summed E-state index contributed by atoms with van der Waals surface area (Å²) in [4.78, 5) is 23.0. The molecule has 0 bridgehead atoms. The lowest BCUT2D eigenvalue weighted by atomic mass is 9.85. The number of pyridine rings is 1. The van der Waals surface area contributed by atoms with E-state index in [4.69, 9.17) is 4.74 Å². The van der Waals surface area contributed by atoms with Gasteiger partial charge in [-0.2, -0.15) is 0 Å². The van der Waals surface area contributed by atoms with Crippen molar-refractivity contribution in [1.29, 1.82) is 0 Å². The average Bonchev–Trinajstić information content (AvgIpc) is 3.04. The number of aromatic nitrogens is 1. The smallest absolute Gasteiger partial charge is 0.240 e. The molecule has 6 rings (SSSR count). The van der Waals surface area contributed by atoms with Crippen LogP contribution in [0.15, 0.2) is 109 Å². The van der Waals surface area contributed by atoms with Crippen molar-refractivity contribution in [2.24, 2.45) is 0 Å². The number of hydrogen-bond donors (Lipinski definition) is 0. The van der Waals surface area contributed by atoms with Crippen molar-refractivity contribution in [2.45, 2.75) is 38.5 Å². The van der Waals surface area contributed by atoms with E-state index in [1.54, 1.807) is 36.3 Å². The van der Waals surface area contributed by atoms with Gasteiger partial charge in [-0.15, -0.1) is 0 Å². The first-order chi connectivity index (χ1) is 20.5. The second-order valence-electron chi connectivity index (χ2n) is 10.8. The molecule has 42 heavy (non-hydrogen) atoms. The van der Waals surface area contributed by atoms with Crippen LogP contribution in [0.5, 0.6) is 5.88 Å². The molecule has 1 aliphatic rings. The van der Waals surface area contributed by atoms with E-state index in [9.17, 15) is 9.18 Å². The molecule has 0 saturated carbocycles. The average molecular weight is 560 g/mol. The van der Waals surface area contributed by atoms with Gasteiger partial charge in [-0.3, -0.25) is 9.69 Å². The number of ether oxygens (including phenoxy) is 1. The highest BCUT2D eigenvalue weighted by molar-refractivity contribution is 5.87. The number of halogens is 1. The minimum Gasteiger partial charge on any atom is -0.481 e.